The van der Waals surface area contributed by atoms with Gasteiger partial charge in [-0.2, -0.15) is 0 Å². The Kier molecular flexibility index (Phi) is 4.26. The van der Waals surface area contributed by atoms with Crippen LogP contribution in [0.15, 0.2) is 22.6 Å². The van der Waals surface area contributed by atoms with Gasteiger partial charge in [-0.1, -0.05) is 13.5 Å². The Labute approximate surface area is 86.0 Å². The molecule has 0 unspecified atom stereocenters. The molecule has 0 aliphatic heterocycles. The average Bonchev–Trinajstić information content (AvgIpc) is 2.11. The van der Waals surface area contributed by atoms with Crippen LogP contribution in [0.4, 0.5) is 0 Å². The Balaban J connectivity index is 5.24. The van der Waals surface area contributed by atoms with Crippen LogP contribution < -0.4 is 0 Å². The molecule has 0 radical (unpaired) electrons. The van der Waals surface area contributed by atoms with Crippen LogP contribution in [-0.2, 0) is 9.84 Å². The molecule has 0 bridgehead atoms. The minimum absolute atomic E-state index is 0.292. The van der Waals surface area contributed by atoms with E-state index in [1.54, 1.807) is 13.8 Å². The van der Waals surface area contributed by atoms with E-state index in [2.05, 4.69) is 6.58 Å². The maximum Gasteiger partial charge on any atom is 0.171 e. The van der Waals surface area contributed by atoms with Crippen LogP contribution in [0.25, 0.3) is 0 Å². The highest BCUT2D eigenvalue weighted by atomic mass is 32.2. The van der Waals surface area contributed by atoms with E-state index in [-0.39, 0.29) is 0 Å². The number of sulfone groups is 1. The summed E-state index contributed by atoms with van der Waals surface area (Å²) in [4.78, 5) is 0.292. The van der Waals surface area contributed by atoms with E-state index >= 15 is 0 Å². The van der Waals surface area contributed by atoms with E-state index in [1.165, 1.54) is 0 Å². The van der Waals surface area contributed by atoms with E-state index in [0.717, 1.165) is 6.26 Å². The molecule has 0 aromatic heterocycles. The van der Waals surface area contributed by atoms with E-state index in [0.29, 0.717) is 28.2 Å². The summed E-state index contributed by atoms with van der Waals surface area (Å²) in [6.45, 7) is 8.78. The van der Waals surface area contributed by atoms with E-state index in [4.69, 9.17) is 5.41 Å². The van der Waals surface area contributed by atoms with Crippen molar-refractivity contribution in [3.63, 3.8) is 0 Å². The smallest absolute Gasteiger partial charge is 0.171 e. The van der Waals surface area contributed by atoms with Gasteiger partial charge in [-0.25, -0.2) is 8.42 Å². The zero-order chi connectivity index (χ0) is 11.5. The maximum atomic E-state index is 11.2. The molecule has 0 atom stereocenters. The zero-order valence-electron chi connectivity index (χ0n) is 9.14. The Morgan fingerprint density at radius 3 is 2.07 bits per heavy atom. The Morgan fingerprint density at radius 2 is 1.79 bits per heavy atom. The maximum absolute atomic E-state index is 11.2. The summed E-state index contributed by atoms with van der Waals surface area (Å²) in [6, 6.07) is 0. The predicted octanol–water partition coefficient (Wildman–Crippen LogP) is 2.31. The summed E-state index contributed by atoms with van der Waals surface area (Å²) in [5.41, 5.74) is 1.47. The summed E-state index contributed by atoms with van der Waals surface area (Å²) >= 11 is 0. The lowest BCUT2D eigenvalue weighted by Gasteiger charge is -2.09. The molecular weight excluding hydrogens is 198 g/mol. The second-order valence-corrected chi connectivity index (χ2v) is 5.42. The van der Waals surface area contributed by atoms with Crippen molar-refractivity contribution in [3.8, 4) is 0 Å². The predicted molar refractivity (Wildman–Crippen MR) is 60.4 cm³/mol. The number of allylic oxidation sites excluding steroid dienone is 3. The molecule has 0 spiro atoms. The summed E-state index contributed by atoms with van der Waals surface area (Å²) in [6.07, 6.45) is 1.72. The van der Waals surface area contributed by atoms with Crippen molar-refractivity contribution in [2.24, 2.45) is 0 Å². The average molecular weight is 215 g/mol. The number of rotatable bonds is 4. The Bertz CT molecular complexity index is 388. The van der Waals surface area contributed by atoms with Gasteiger partial charge >= 0.3 is 0 Å². The summed E-state index contributed by atoms with van der Waals surface area (Å²) < 4.78 is 22.4. The van der Waals surface area contributed by atoms with Gasteiger partial charge in [0.1, 0.15) is 0 Å². The molecule has 3 nitrogen and oxygen atoms in total. The lowest BCUT2D eigenvalue weighted by molar-refractivity contribution is 0.607. The highest BCUT2D eigenvalue weighted by Crippen LogP contribution is 2.18. The summed E-state index contributed by atoms with van der Waals surface area (Å²) in [5.74, 6) is 0. The number of nitrogens with one attached hydrogen (secondary N) is 1. The van der Waals surface area contributed by atoms with Gasteiger partial charge in [-0.15, -0.1) is 0 Å². The second kappa shape index (κ2) is 4.55. The standard InChI is InChI=1S/C10H17NO2S/c1-6-10(11)8(3)7(2)9(4)14(5,12)13/h11H,3,6H2,1-2,4-5H3/b9-7+,11-10?. The van der Waals surface area contributed by atoms with Crippen molar-refractivity contribution >= 4 is 15.5 Å². The van der Waals surface area contributed by atoms with Gasteiger partial charge in [0.25, 0.3) is 0 Å². The quantitative estimate of drug-likeness (QED) is 0.578. The lowest BCUT2D eigenvalue weighted by atomic mass is 10.0. The largest absolute Gasteiger partial charge is 0.305 e. The molecule has 4 heteroatoms. The Hall–Kier alpha value is -0.900. The first kappa shape index (κ1) is 13.1. The van der Waals surface area contributed by atoms with Gasteiger partial charge in [-0.3, -0.25) is 0 Å². The second-order valence-electron chi connectivity index (χ2n) is 3.26. The molecule has 0 saturated heterocycles. The highest BCUT2D eigenvalue weighted by Gasteiger charge is 2.12. The molecule has 0 aliphatic rings. The van der Waals surface area contributed by atoms with E-state index in [9.17, 15) is 8.42 Å². The molecule has 0 fully saturated rings. The van der Waals surface area contributed by atoms with Crippen LogP contribution in [0.1, 0.15) is 27.2 Å². The first-order chi connectivity index (χ1) is 6.21. The van der Waals surface area contributed by atoms with Crippen molar-refractivity contribution in [3.05, 3.63) is 22.6 Å². The first-order valence-corrected chi connectivity index (χ1v) is 6.25. The van der Waals surface area contributed by atoms with E-state index in [1.807, 2.05) is 6.92 Å². The van der Waals surface area contributed by atoms with Crippen molar-refractivity contribution in [2.75, 3.05) is 6.26 Å². The van der Waals surface area contributed by atoms with Crippen LogP contribution in [0, 0.1) is 5.41 Å². The molecule has 0 aromatic carbocycles. The van der Waals surface area contributed by atoms with Crippen LogP contribution in [-0.4, -0.2) is 20.4 Å². The van der Waals surface area contributed by atoms with Gasteiger partial charge in [0.2, 0.25) is 0 Å². The highest BCUT2D eigenvalue weighted by molar-refractivity contribution is 7.94. The van der Waals surface area contributed by atoms with Gasteiger partial charge in [0, 0.05) is 16.9 Å². The first-order valence-electron chi connectivity index (χ1n) is 4.36. The zero-order valence-corrected chi connectivity index (χ0v) is 9.96. The minimum atomic E-state index is -3.17. The topological polar surface area (TPSA) is 58.0 Å². The fourth-order valence-corrected chi connectivity index (χ4v) is 1.61. The van der Waals surface area contributed by atoms with Crippen LogP contribution in [0.3, 0.4) is 0 Å². The van der Waals surface area contributed by atoms with Crippen LogP contribution in [0.5, 0.6) is 0 Å². The van der Waals surface area contributed by atoms with Gasteiger partial charge in [0.15, 0.2) is 9.84 Å². The van der Waals surface area contributed by atoms with Crippen molar-refractivity contribution in [2.45, 2.75) is 27.2 Å². The number of hydrogen-bond donors (Lipinski definition) is 1. The number of hydrogen-bond acceptors (Lipinski definition) is 3. The molecule has 1 N–H and O–H groups in total. The summed E-state index contributed by atoms with van der Waals surface area (Å²) in [5, 5.41) is 7.54. The van der Waals surface area contributed by atoms with Gasteiger partial charge in [-0.05, 0) is 31.4 Å². The summed E-state index contributed by atoms with van der Waals surface area (Å²) in [7, 11) is -3.17. The third kappa shape index (κ3) is 3.10. The fraction of sp³-hybridized carbons (Fsp3) is 0.500. The molecule has 0 saturated carbocycles. The molecule has 80 valence electrons. The molecule has 0 heterocycles. The molecule has 0 rings (SSSR count). The molecule has 0 aliphatic carbocycles. The van der Waals surface area contributed by atoms with Gasteiger partial charge < -0.3 is 5.41 Å². The fourth-order valence-electron chi connectivity index (χ4n) is 0.930. The SMILES string of the molecule is C=C(C(=N)CC)/C(C)=C(\C)S(C)(=O)=O. The molecule has 14 heavy (non-hydrogen) atoms. The monoisotopic (exact) mass is 215 g/mol. The van der Waals surface area contributed by atoms with Gasteiger partial charge in [0.05, 0.1) is 0 Å². The third-order valence-corrected chi connectivity index (χ3v) is 3.67. The lowest BCUT2D eigenvalue weighted by Crippen LogP contribution is -2.06. The van der Waals surface area contributed by atoms with E-state index < -0.39 is 9.84 Å². The minimum Gasteiger partial charge on any atom is -0.305 e. The third-order valence-electron chi connectivity index (χ3n) is 2.25. The molecule has 0 aromatic rings. The van der Waals surface area contributed by atoms with Crippen molar-refractivity contribution in [1.29, 1.82) is 5.41 Å². The normalized spacial score (nSPS) is 13.4. The van der Waals surface area contributed by atoms with Crippen molar-refractivity contribution in [1.82, 2.24) is 0 Å². The Morgan fingerprint density at radius 1 is 1.36 bits per heavy atom. The van der Waals surface area contributed by atoms with Crippen LogP contribution >= 0.6 is 0 Å². The van der Waals surface area contributed by atoms with Crippen LogP contribution in [0.2, 0.25) is 0 Å². The molecular formula is C10H17NO2S. The van der Waals surface area contributed by atoms with Crippen molar-refractivity contribution < 1.29 is 8.42 Å². The molecule has 0 amide bonds.